The van der Waals surface area contributed by atoms with Crippen molar-refractivity contribution >= 4 is 24.6 Å². The molecule has 0 aromatic heterocycles. The van der Waals surface area contributed by atoms with Crippen molar-refractivity contribution in [3.8, 4) is 0 Å². The number of carbonyl (C=O) groups is 2. The lowest BCUT2D eigenvalue weighted by molar-refractivity contribution is -0.141. The lowest BCUT2D eigenvalue weighted by atomic mass is 9.80. The maximum Gasteiger partial charge on any atom is 0.335 e. The topological polar surface area (TPSA) is 63.6 Å². The number of rotatable bonds is 5. The highest BCUT2D eigenvalue weighted by Gasteiger charge is 2.52. The molecule has 0 aromatic carbocycles. The molecule has 0 radical (unpaired) electrons. The number of fused-ring (bicyclic) bond motifs is 2. The van der Waals surface area contributed by atoms with Gasteiger partial charge < -0.3 is 9.84 Å². The highest BCUT2D eigenvalue weighted by atomic mass is 32.1. The SMILES string of the molecule is CC12CCC(C1)C(C(=O)O)=C2C(=O)OCCCS. The minimum absolute atomic E-state index is 0.0277. The zero-order chi connectivity index (χ0) is 13.3. The van der Waals surface area contributed by atoms with Gasteiger partial charge in [0.15, 0.2) is 0 Å². The van der Waals surface area contributed by atoms with Crippen LogP contribution in [0.25, 0.3) is 0 Å². The Labute approximate surface area is 112 Å². The van der Waals surface area contributed by atoms with Gasteiger partial charge in [-0.15, -0.1) is 0 Å². The van der Waals surface area contributed by atoms with Crippen molar-refractivity contribution in [2.75, 3.05) is 12.4 Å². The van der Waals surface area contributed by atoms with Gasteiger partial charge in [-0.2, -0.15) is 12.6 Å². The normalized spacial score (nSPS) is 29.8. The van der Waals surface area contributed by atoms with E-state index in [1.165, 1.54) is 0 Å². The third-order valence-electron chi connectivity index (χ3n) is 3.99. The zero-order valence-electron chi connectivity index (χ0n) is 10.4. The van der Waals surface area contributed by atoms with Crippen LogP contribution in [0.2, 0.25) is 0 Å². The van der Waals surface area contributed by atoms with Crippen molar-refractivity contribution in [1.29, 1.82) is 0 Å². The molecule has 2 aliphatic rings. The van der Waals surface area contributed by atoms with Gasteiger partial charge in [-0.3, -0.25) is 0 Å². The first-order valence-corrected chi connectivity index (χ1v) is 6.89. The summed E-state index contributed by atoms with van der Waals surface area (Å²) in [6.45, 7) is 2.28. The molecule has 2 atom stereocenters. The molecule has 0 aromatic rings. The molecule has 5 heteroatoms. The smallest absolute Gasteiger partial charge is 0.335 e. The van der Waals surface area contributed by atoms with Crippen LogP contribution < -0.4 is 0 Å². The minimum atomic E-state index is -0.968. The van der Waals surface area contributed by atoms with Gasteiger partial charge in [-0.25, -0.2) is 9.59 Å². The number of carboxylic acid groups (broad SMARTS) is 1. The molecule has 0 spiro atoms. The summed E-state index contributed by atoms with van der Waals surface area (Å²) < 4.78 is 5.16. The van der Waals surface area contributed by atoms with Gasteiger partial charge in [0.05, 0.1) is 17.8 Å². The van der Waals surface area contributed by atoms with Crippen LogP contribution in [0.4, 0.5) is 0 Å². The van der Waals surface area contributed by atoms with Crippen LogP contribution in [-0.4, -0.2) is 29.4 Å². The van der Waals surface area contributed by atoms with Gasteiger partial charge in [-0.05, 0) is 37.4 Å². The Hall–Kier alpha value is -0.970. The highest BCUT2D eigenvalue weighted by Crippen LogP contribution is 2.57. The van der Waals surface area contributed by atoms with E-state index in [2.05, 4.69) is 12.6 Å². The van der Waals surface area contributed by atoms with E-state index >= 15 is 0 Å². The molecule has 2 aliphatic carbocycles. The summed E-state index contributed by atoms with van der Waals surface area (Å²) in [5, 5.41) is 9.26. The Morgan fingerprint density at radius 2 is 2.28 bits per heavy atom. The first-order chi connectivity index (χ1) is 8.49. The first-order valence-electron chi connectivity index (χ1n) is 6.25. The molecule has 100 valence electrons. The number of carbonyl (C=O) groups excluding carboxylic acids is 1. The fraction of sp³-hybridized carbons (Fsp3) is 0.692. The maximum atomic E-state index is 12.1. The summed E-state index contributed by atoms with van der Waals surface area (Å²) in [6.07, 6.45) is 3.20. The predicted octanol–water partition coefficient (Wildman–Crippen LogP) is 2.05. The second kappa shape index (κ2) is 4.96. The molecule has 2 rings (SSSR count). The number of esters is 1. The van der Waals surface area contributed by atoms with Crippen molar-refractivity contribution < 1.29 is 19.4 Å². The zero-order valence-corrected chi connectivity index (χ0v) is 11.3. The third kappa shape index (κ3) is 2.16. The molecule has 2 unspecified atom stereocenters. The van der Waals surface area contributed by atoms with Crippen LogP contribution in [0.15, 0.2) is 11.1 Å². The summed E-state index contributed by atoms with van der Waals surface area (Å²) in [5.74, 6) is -0.735. The van der Waals surface area contributed by atoms with E-state index in [-0.39, 0.29) is 11.3 Å². The number of carboxylic acids is 1. The Kier molecular flexibility index (Phi) is 3.71. The molecule has 0 saturated heterocycles. The molecule has 2 bridgehead atoms. The summed E-state index contributed by atoms with van der Waals surface area (Å²) in [5.41, 5.74) is 0.404. The van der Waals surface area contributed by atoms with Crippen molar-refractivity contribution in [2.24, 2.45) is 11.3 Å². The molecule has 18 heavy (non-hydrogen) atoms. The number of thiol groups is 1. The van der Waals surface area contributed by atoms with Crippen LogP contribution in [-0.2, 0) is 14.3 Å². The first kappa shape index (κ1) is 13.5. The van der Waals surface area contributed by atoms with Gasteiger partial charge in [-0.1, -0.05) is 6.92 Å². The molecule has 1 fully saturated rings. The monoisotopic (exact) mass is 270 g/mol. The minimum Gasteiger partial charge on any atom is -0.478 e. The van der Waals surface area contributed by atoms with E-state index in [1.807, 2.05) is 6.92 Å². The van der Waals surface area contributed by atoms with E-state index in [0.29, 0.717) is 29.9 Å². The van der Waals surface area contributed by atoms with Crippen LogP contribution in [0, 0.1) is 11.3 Å². The van der Waals surface area contributed by atoms with Crippen molar-refractivity contribution in [3.05, 3.63) is 11.1 Å². The Balaban J connectivity index is 2.22. The summed E-state index contributed by atoms with van der Waals surface area (Å²) in [6, 6.07) is 0. The van der Waals surface area contributed by atoms with E-state index in [0.717, 1.165) is 19.3 Å². The van der Waals surface area contributed by atoms with Crippen molar-refractivity contribution in [1.82, 2.24) is 0 Å². The average molecular weight is 270 g/mol. The van der Waals surface area contributed by atoms with E-state index in [9.17, 15) is 14.7 Å². The van der Waals surface area contributed by atoms with Crippen LogP contribution in [0.5, 0.6) is 0 Å². The summed E-state index contributed by atoms with van der Waals surface area (Å²) >= 11 is 4.05. The highest BCUT2D eigenvalue weighted by molar-refractivity contribution is 7.80. The average Bonchev–Trinajstić information content (AvgIpc) is 2.81. The Bertz CT molecular complexity index is 415. The lowest BCUT2D eigenvalue weighted by Crippen LogP contribution is -2.25. The standard InChI is InChI=1S/C13H18O4S/c1-13-4-3-8(7-13)9(11(14)15)10(13)12(16)17-5-2-6-18/h8,18H,2-7H2,1H3,(H,14,15). The predicted molar refractivity (Wildman–Crippen MR) is 69.5 cm³/mol. The number of aliphatic carboxylic acids is 1. The van der Waals surface area contributed by atoms with Gasteiger partial charge in [0.1, 0.15) is 0 Å². The van der Waals surface area contributed by atoms with Crippen molar-refractivity contribution in [2.45, 2.75) is 32.6 Å². The van der Waals surface area contributed by atoms with Gasteiger partial charge in [0.2, 0.25) is 0 Å². The maximum absolute atomic E-state index is 12.1. The van der Waals surface area contributed by atoms with Crippen LogP contribution in [0.1, 0.15) is 32.6 Å². The Morgan fingerprint density at radius 1 is 1.56 bits per heavy atom. The molecular formula is C13H18O4S. The summed E-state index contributed by atoms with van der Waals surface area (Å²) in [4.78, 5) is 23.4. The Morgan fingerprint density at radius 3 is 2.89 bits per heavy atom. The van der Waals surface area contributed by atoms with E-state index in [1.54, 1.807) is 0 Å². The quantitative estimate of drug-likeness (QED) is 0.456. The molecule has 1 saturated carbocycles. The second-order valence-electron chi connectivity index (χ2n) is 5.31. The number of ether oxygens (including phenoxy) is 1. The molecule has 0 heterocycles. The summed E-state index contributed by atoms with van der Waals surface area (Å²) in [7, 11) is 0. The molecule has 0 aliphatic heterocycles. The van der Waals surface area contributed by atoms with Gasteiger partial charge >= 0.3 is 11.9 Å². The molecule has 0 amide bonds. The fourth-order valence-corrected chi connectivity index (χ4v) is 3.31. The molecular weight excluding hydrogens is 252 g/mol. The van der Waals surface area contributed by atoms with E-state index < -0.39 is 11.9 Å². The fourth-order valence-electron chi connectivity index (χ4n) is 3.18. The molecule has 4 nitrogen and oxygen atoms in total. The van der Waals surface area contributed by atoms with Gasteiger partial charge in [0.25, 0.3) is 0 Å². The van der Waals surface area contributed by atoms with Crippen molar-refractivity contribution in [3.63, 3.8) is 0 Å². The van der Waals surface area contributed by atoms with Crippen LogP contribution >= 0.6 is 12.6 Å². The number of hydrogen-bond acceptors (Lipinski definition) is 4. The van der Waals surface area contributed by atoms with Crippen LogP contribution in [0.3, 0.4) is 0 Å². The van der Waals surface area contributed by atoms with Gasteiger partial charge in [0, 0.05) is 5.41 Å². The largest absolute Gasteiger partial charge is 0.478 e. The third-order valence-corrected chi connectivity index (χ3v) is 4.31. The van der Waals surface area contributed by atoms with E-state index in [4.69, 9.17) is 4.74 Å². The lowest BCUT2D eigenvalue weighted by Gasteiger charge is -2.24. The molecule has 1 N–H and O–H groups in total. The second-order valence-corrected chi connectivity index (χ2v) is 5.75. The number of hydrogen-bond donors (Lipinski definition) is 2.